The van der Waals surface area contributed by atoms with E-state index in [1.165, 1.54) is 0 Å². The van der Waals surface area contributed by atoms with E-state index in [0.717, 1.165) is 30.0 Å². The summed E-state index contributed by atoms with van der Waals surface area (Å²) in [4.78, 5) is 18.8. The number of carbonyl (C=O) groups excluding carboxylic acids is 1. The lowest BCUT2D eigenvalue weighted by molar-refractivity contribution is 0.0948. The molecule has 6 nitrogen and oxygen atoms in total. The fraction of sp³-hybridized carbons (Fsp3) is 0.333. The van der Waals surface area contributed by atoms with E-state index in [0.29, 0.717) is 19.8 Å². The Kier molecular flexibility index (Phi) is 4.96. The van der Waals surface area contributed by atoms with Crippen molar-refractivity contribution < 1.29 is 14.6 Å². The second-order valence-electron chi connectivity index (χ2n) is 5.82. The van der Waals surface area contributed by atoms with E-state index in [9.17, 15) is 9.90 Å². The summed E-state index contributed by atoms with van der Waals surface area (Å²) in [5, 5.41) is 12.7. The molecule has 0 aliphatic carbocycles. The molecule has 1 saturated heterocycles. The Bertz CT molecular complexity index is 727. The van der Waals surface area contributed by atoms with Crippen LogP contribution in [0.15, 0.2) is 36.5 Å². The van der Waals surface area contributed by atoms with Gasteiger partial charge in [-0.05, 0) is 42.3 Å². The molecule has 2 N–H and O–H groups in total. The smallest absolute Gasteiger partial charge is 0.255 e. The van der Waals surface area contributed by atoms with Gasteiger partial charge in [0.05, 0.1) is 18.8 Å². The van der Waals surface area contributed by atoms with E-state index in [-0.39, 0.29) is 17.2 Å². The fourth-order valence-corrected chi connectivity index (χ4v) is 2.65. The molecule has 0 radical (unpaired) electrons. The molecule has 0 atom stereocenters. The number of aryl methyl sites for hydroxylation is 1. The number of nitrogens with one attached hydrogen (secondary N) is 1. The van der Waals surface area contributed by atoms with Crippen LogP contribution in [-0.2, 0) is 11.3 Å². The van der Waals surface area contributed by atoms with Gasteiger partial charge in [-0.2, -0.15) is 0 Å². The lowest BCUT2D eigenvalue weighted by Gasteiger charge is -2.28. The van der Waals surface area contributed by atoms with Crippen molar-refractivity contribution in [2.45, 2.75) is 13.5 Å². The molecule has 2 aromatic rings. The number of hydrogen-bond acceptors (Lipinski definition) is 5. The third-order valence-electron chi connectivity index (χ3n) is 4.00. The van der Waals surface area contributed by atoms with E-state index < -0.39 is 0 Å². The van der Waals surface area contributed by atoms with Crippen molar-refractivity contribution in [3.8, 4) is 5.75 Å². The van der Waals surface area contributed by atoms with Gasteiger partial charge in [-0.1, -0.05) is 6.07 Å². The zero-order valence-corrected chi connectivity index (χ0v) is 13.7. The normalized spacial score (nSPS) is 14.5. The number of benzene rings is 1. The number of rotatable bonds is 4. The minimum absolute atomic E-state index is 0.00349. The van der Waals surface area contributed by atoms with E-state index in [1.807, 2.05) is 19.1 Å². The van der Waals surface area contributed by atoms with Crippen LogP contribution in [0.2, 0.25) is 0 Å². The van der Waals surface area contributed by atoms with Crippen LogP contribution in [0.5, 0.6) is 5.75 Å². The molecule has 0 spiro atoms. The number of ether oxygens (including phenoxy) is 1. The van der Waals surface area contributed by atoms with Gasteiger partial charge in [0.25, 0.3) is 5.91 Å². The van der Waals surface area contributed by atoms with Crippen molar-refractivity contribution >= 4 is 11.7 Å². The lowest BCUT2D eigenvalue weighted by atomic mass is 10.1. The first-order valence-electron chi connectivity index (χ1n) is 7.99. The highest BCUT2D eigenvalue weighted by Gasteiger charge is 2.14. The third-order valence-corrected chi connectivity index (χ3v) is 4.00. The molecule has 126 valence electrons. The number of aromatic hydroxyl groups is 1. The van der Waals surface area contributed by atoms with Gasteiger partial charge in [0.2, 0.25) is 0 Å². The maximum Gasteiger partial charge on any atom is 0.255 e. The van der Waals surface area contributed by atoms with Gasteiger partial charge in [-0.3, -0.25) is 4.79 Å². The predicted octanol–water partition coefficient (Wildman–Crippen LogP) is 1.86. The number of phenolic OH excluding ortho intramolecular Hbond substituents is 1. The van der Waals surface area contributed by atoms with Crippen LogP contribution in [0.25, 0.3) is 0 Å². The van der Waals surface area contributed by atoms with Crippen LogP contribution in [0.1, 0.15) is 21.5 Å². The lowest BCUT2D eigenvalue weighted by Crippen LogP contribution is -2.36. The number of anilines is 1. The number of phenols is 1. The maximum atomic E-state index is 12.2. The molecular weight excluding hydrogens is 306 g/mol. The summed E-state index contributed by atoms with van der Waals surface area (Å²) < 4.78 is 5.35. The molecule has 24 heavy (non-hydrogen) atoms. The number of pyridine rings is 1. The Morgan fingerprint density at radius 3 is 2.83 bits per heavy atom. The Hall–Kier alpha value is -2.60. The van der Waals surface area contributed by atoms with E-state index in [1.54, 1.807) is 24.4 Å². The summed E-state index contributed by atoms with van der Waals surface area (Å²) in [6.45, 7) is 5.29. The number of hydrogen-bond donors (Lipinski definition) is 2. The minimum Gasteiger partial charge on any atom is -0.507 e. The molecule has 1 aromatic carbocycles. The average molecular weight is 327 g/mol. The minimum atomic E-state index is -0.294. The van der Waals surface area contributed by atoms with Crippen molar-refractivity contribution in [1.29, 1.82) is 0 Å². The summed E-state index contributed by atoms with van der Waals surface area (Å²) in [6.07, 6.45) is 1.75. The molecule has 1 aromatic heterocycles. The number of morpholine rings is 1. The topological polar surface area (TPSA) is 74.7 Å². The Balaban J connectivity index is 1.64. The van der Waals surface area contributed by atoms with Gasteiger partial charge in [0.15, 0.2) is 0 Å². The number of aromatic nitrogens is 1. The van der Waals surface area contributed by atoms with Crippen LogP contribution in [-0.4, -0.2) is 42.3 Å². The van der Waals surface area contributed by atoms with Gasteiger partial charge < -0.3 is 20.1 Å². The maximum absolute atomic E-state index is 12.2. The molecule has 3 rings (SSSR count). The van der Waals surface area contributed by atoms with E-state index >= 15 is 0 Å². The van der Waals surface area contributed by atoms with E-state index in [2.05, 4.69) is 15.2 Å². The van der Waals surface area contributed by atoms with Gasteiger partial charge in [0.1, 0.15) is 11.6 Å². The zero-order chi connectivity index (χ0) is 16.9. The summed E-state index contributed by atoms with van der Waals surface area (Å²) >= 11 is 0. The van der Waals surface area contributed by atoms with Gasteiger partial charge >= 0.3 is 0 Å². The van der Waals surface area contributed by atoms with Gasteiger partial charge in [0, 0.05) is 25.8 Å². The third kappa shape index (κ3) is 3.83. The molecule has 0 bridgehead atoms. The fourth-order valence-electron chi connectivity index (χ4n) is 2.65. The molecule has 1 fully saturated rings. The standard InChI is InChI=1S/C18H21N3O3/c1-13-2-3-15(16(22)10-13)18(23)20-12-14-4-5-19-17(11-14)21-6-8-24-9-7-21/h2-5,10-11,22H,6-9,12H2,1H3,(H,20,23). The summed E-state index contributed by atoms with van der Waals surface area (Å²) in [5.74, 6) is 0.594. The van der Waals surface area contributed by atoms with Crippen LogP contribution in [0, 0.1) is 6.92 Å². The SMILES string of the molecule is Cc1ccc(C(=O)NCc2ccnc(N3CCOCC3)c2)c(O)c1. The highest BCUT2D eigenvalue weighted by molar-refractivity contribution is 5.96. The van der Waals surface area contributed by atoms with Crippen LogP contribution < -0.4 is 10.2 Å². The number of amides is 1. The summed E-state index contributed by atoms with van der Waals surface area (Å²) in [7, 11) is 0. The molecule has 1 aliphatic heterocycles. The van der Waals surface area contributed by atoms with Crippen molar-refractivity contribution in [3.05, 3.63) is 53.2 Å². The molecular formula is C18H21N3O3. The Morgan fingerprint density at radius 1 is 1.29 bits per heavy atom. The van der Waals surface area contributed by atoms with Crippen molar-refractivity contribution in [2.24, 2.45) is 0 Å². The first-order chi connectivity index (χ1) is 11.6. The Labute approximate surface area is 141 Å². The van der Waals surface area contributed by atoms with Gasteiger partial charge in [-0.15, -0.1) is 0 Å². The molecule has 0 unspecified atom stereocenters. The molecule has 1 aliphatic rings. The number of carbonyl (C=O) groups is 1. The quantitative estimate of drug-likeness (QED) is 0.896. The first-order valence-corrected chi connectivity index (χ1v) is 7.99. The first kappa shape index (κ1) is 16.3. The summed E-state index contributed by atoms with van der Waals surface area (Å²) in [5.41, 5.74) is 2.16. The molecule has 0 saturated carbocycles. The largest absolute Gasteiger partial charge is 0.507 e. The van der Waals surface area contributed by atoms with Crippen molar-refractivity contribution in [1.82, 2.24) is 10.3 Å². The molecule has 2 heterocycles. The van der Waals surface area contributed by atoms with Crippen molar-refractivity contribution in [2.75, 3.05) is 31.2 Å². The predicted molar refractivity (Wildman–Crippen MR) is 91.3 cm³/mol. The molecule has 6 heteroatoms. The highest BCUT2D eigenvalue weighted by atomic mass is 16.5. The summed E-state index contributed by atoms with van der Waals surface area (Å²) in [6, 6.07) is 8.86. The van der Waals surface area contributed by atoms with Crippen LogP contribution in [0.3, 0.4) is 0 Å². The van der Waals surface area contributed by atoms with Gasteiger partial charge in [-0.25, -0.2) is 4.98 Å². The second-order valence-corrected chi connectivity index (χ2v) is 5.82. The Morgan fingerprint density at radius 2 is 2.08 bits per heavy atom. The zero-order valence-electron chi connectivity index (χ0n) is 13.7. The van der Waals surface area contributed by atoms with Crippen molar-refractivity contribution in [3.63, 3.8) is 0 Å². The average Bonchev–Trinajstić information content (AvgIpc) is 2.61. The number of nitrogens with zero attached hydrogens (tertiary/aromatic N) is 2. The monoisotopic (exact) mass is 327 g/mol. The van der Waals surface area contributed by atoms with Crippen LogP contribution in [0.4, 0.5) is 5.82 Å². The molecule has 1 amide bonds. The second kappa shape index (κ2) is 7.31. The highest BCUT2D eigenvalue weighted by Crippen LogP contribution is 2.19. The van der Waals surface area contributed by atoms with Crippen LogP contribution >= 0.6 is 0 Å². The van der Waals surface area contributed by atoms with E-state index in [4.69, 9.17) is 4.74 Å².